The molecule has 1 heterocycles. The predicted molar refractivity (Wildman–Crippen MR) is 59.1 cm³/mol. The Hall–Kier alpha value is -2.44. The molecule has 0 aromatic heterocycles. The molecule has 2 N–H and O–H groups in total. The van der Waals surface area contributed by atoms with Crippen LogP contribution in [0.3, 0.4) is 0 Å². The van der Waals surface area contributed by atoms with Gasteiger partial charge in [0.25, 0.3) is 5.91 Å². The van der Waals surface area contributed by atoms with Gasteiger partial charge in [0.05, 0.1) is 0 Å². The molecule has 1 aromatic rings. The Morgan fingerprint density at radius 1 is 1.39 bits per heavy atom. The maximum atomic E-state index is 11.1. The summed E-state index contributed by atoms with van der Waals surface area (Å²) in [7, 11) is 1.46. The van der Waals surface area contributed by atoms with Crippen LogP contribution in [0, 0.1) is 0 Å². The first-order valence-electron chi connectivity index (χ1n) is 5.12. The second kappa shape index (κ2) is 4.82. The van der Waals surface area contributed by atoms with Crippen LogP contribution < -0.4 is 19.5 Å². The molecular weight excluding hydrogens is 242 g/mol. The summed E-state index contributed by atoms with van der Waals surface area (Å²) in [5, 5.41) is 11.4. The molecule has 0 fully saturated rings. The number of benzene rings is 1. The van der Waals surface area contributed by atoms with Crippen LogP contribution in [0.1, 0.15) is 10.4 Å². The maximum Gasteiger partial charge on any atom is 0.339 e. The average Bonchev–Trinajstić information content (AvgIpc) is 2.81. The Morgan fingerprint density at radius 3 is 2.67 bits per heavy atom. The van der Waals surface area contributed by atoms with Crippen molar-refractivity contribution in [1.82, 2.24) is 5.32 Å². The van der Waals surface area contributed by atoms with Crippen LogP contribution in [0.5, 0.6) is 17.2 Å². The Morgan fingerprint density at radius 2 is 2.06 bits per heavy atom. The van der Waals surface area contributed by atoms with Crippen LogP contribution in [-0.4, -0.2) is 37.4 Å². The summed E-state index contributed by atoms with van der Waals surface area (Å²) in [5.41, 5.74) is -0.0804. The van der Waals surface area contributed by atoms with E-state index in [9.17, 15) is 9.59 Å². The van der Waals surface area contributed by atoms with Crippen molar-refractivity contribution in [3.05, 3.63) is 17.7 Å². The second-order valence-corrected chi connectivity index (χ2v) is 3.47. The smallest absolute Gasteiger partial charge is 0.339 e. The van der Waals surface area contributed by atoms with Gasteiger partial charge in [-0.25, -0.2) is 4.79 Å². The maximum absolute atomic E-state index is 11.1. The topological polar surface area (TPSA) is 94.1 Å². The minimum Gasteiger partial charge on any atom is -0.483 e. The molecule has 1 aliphatic rings. The van der Waals surface area contributed by atoms with E-state index in [1.165, 1.54) is 19.2 Å². The van der Waals surface area contributed by atoms with E-state index in [0.29, 0.717) is 11.5 Å². The Labute approximate surface area is 102 Å². The van der Waals surface area contributed by atoms with Crippen molar-refractivity contribution in [1.29, 1.82) is 0 Å². The molecule has 7 heteroatoms. The molecule has 0 aliphatic carbocycles. The number of rotatable bonds is 4. The third-order valence-electron chi connectivity index (χ3n) is 2.34. The number of carboxylic acids is 1. The zero-order valence-corrected chi connectivity index (χ0v) is 9.56. The molecule has 0 spiro atoms. The third kappa shape index (κ3) is 2.29. The van der Waals surface area contributed by atoms with Crippen LogP contribution in [0.4, 0.5) is 0 Å². The summed E-state index contributed by atoms with van der Waals surface area (Å²) in [6, 6.07) is 2.71. The molecular formula is C11H11NO6. The normalized spacial score (nSPS) is 12.1. The lowest BCUT2D eigenvalue weighted by Gasteiger charge is -2.09. The molecule has 18 heavy (non-hydrogen) atoms. The van der Waals surface area contributed by atoms with Crippen LogP contribution in [0.2, 0.25) is 0 Å². The fraction of sp³-hybridized carbons (Fsp3) is 0.273. The van der Waals surface area contributed by atoms with Crippen LogP contribution in [0.25, 0.3) is 0 Å². The van der Waals surface area contributed by atoms with Gasteiger partial charge < -0.3 is 24.6 Å². The van der Waals surface area contributed by atoms with Crippen molar-refractivity contribution in [3.63, 3.8) is 0 Å². The van der Waals surface area contributed by atoms with Gasteiger partial charge in [0.15, 0.2) is 18.1 Å². The average molecular weight is 253 g/mol. The van der Waals surface area contributed by atoms with Gasteiger partial charge in [-0.15, -0.1) is 0 Å². The van der Waals surface area contributed by atoms with Gasteiger partial charge in [-0.2, -0.15) is 0 Å². The summed E-state index contributed by atoms with van der Waals surface area (Å²) >= 11 is 0. The van der Waals surface area contributed by atoms with Gasteiger partial charge in [0, 0.05) is 19.2 Å². The number of carbonyl (C=O) groups is 2. The number of carboxylic acid groups (broad SMARTS) is 1. The molecule has 7 nitrogen and oxygen atoms in total. The van der Waals surface area contributed by atoms with Gasteiger partial charge in [0.2, 0.25) is 6.79 Å². The minimum absolute atomic E-state index is 0.0350. The molecule has 1 aliphatic heterocycles. The highest BCUT2D eigenvalue weighted by molar-refractivity contribution is 5.92. The van der Waals surface area contributed by atoms with E-state index in [1.54, 1.807) is 0 Å². The van der Waals surface area contributed by atoms with E-state index in [4.69, 9.17) is 19.3 Å². The first kappa shape index (κ1) is 12.0. The number of likely N-dealkylation sites (N-methyl/N-ethyl adjacent to an activating group) is 1. The lowest BCUT2D eigenvalue weighted by Crippen LogP contribution is -2.25. The van der Waals surface area contributed by atoms with Crippen molar-refractivity contribution >= 4 is 11.9 Å². The number of amides is 1. The van der Waals surface area contributed by atoms with Crippen molar-refractivity contribution in [2.75, 3.05) is 20.4 Å². The minimum atomic E-state index is -1.17. The van der Waals surface area contributed by atoms with E-state index >= 15 is 0 Å². The third-order valence-corrected chi connectivity index (χ3v) is 2.34. The lowest BCUT2D eigenvalue weighted by molar-refractivity contribution is -0.122. The molecule has 0 unspecified atom stereocenters. The molecule has 0 saturated heterocycles. The van der Waals surface area contributed by atoms with E-state index in [-0.39, 0.29) is 30.6 Å². The Bertz CT molecular complexity index is 499. The van der Waals surface area contributed by atoms with Gasteiger partial charge in [0.1, 0.15) is 11.3 Å². The molecule has 0 saturated carbocycles. The fourth-order valence-electron chi connectivity index (χ4n) is 1.43. The summed E-state index contributed by atoms with van der Waals surface area (Å²) in [5.74, 6) is -0.717. The number of fused-ring (bicyclic) bond motifs is 1. The lowest BCUT2D eigenvalue weighted by atomic mass is 10.2. The monoisotopic (exact) mass is 253 g/mol. The number of carbonyl (C=O) groups excluding carboxylic acids is 1. The highest BCUT2D eigenvalue weighted by atomic mass is 16.7. The molecule has 0 atom stereocenters. The Kier molecular flexibility index (Phi) is 3.22. The number of hydrogen-bond donors (Lipinski definition) is 2. The van der Waals surface area contributed by atoms with Gasteiger partial charge >= 0.3 is 5.97 Å². The van der Waals surface area contributed by atoms with E-state index in [2.05, 4.69) is 5.32 Å². The zero-order chi connectivity index (χ0) is 13.1. The van der Waals surface area contributed by atoms with Gasteiger partial charge in [-0.05, 0) is 0 Å². The van der Waals surface area contributed by atoms with Crippen molar-refractivity contribution in [2.45, 2.75) is 0 Å². The molecule has 2 rings (SSSR count). The van der Waals surface area contributed by atoms with Crippen molar-refractivity contribution < 1.29 is 28.9 Å². The zero-order valence-electron chi connectivity index (χ0n) is 9.56. The second-order valence-electron chi connectivity index (χ2n) is 3.47. The molecule has 1 aromatic carbocycles. The fourth-order valence-corrected chi connectivity index (χ4v) is 1.43. The molecule has 1 amide bonds. The van der Waals surface area contributed by atoms with E-state index in [0.717, 1.165) is 0 Å². The highest BCUT2D eigenvalue weighted by Gasteiger charge is 2.21. The Balaban J connectivity index is 2.27. The van der Waals surface area contributed by atoms with Crippen LogP contribution in [-0.2, 0) is 4.79 Å². The largest absolute Gasteiger partial charge is 0.483 e. The quantitative estimate of drug-likeness (QED) is 0.798. The molecule has 0 radical (unpaired) electrons. The number of hydrogen-bond acceptors (Lipinski definition) is 5. The summed E-state index contributed by atoms with van der Waals surface area (Å²) in [6.45, 7) is -0.232. The van der Waals surface area contributed by atoms with Crippen LogP contribution >= 0.6 is 0 Å². The van der Waals surface area contributed by atoms with Gasteiger partial charge in [-0.3, -0.25) is 4.79 Å². The van der Waals surface area contributed by atoms with E-state index < -0.39 is 5.97 Å². The summed E-state index contributed by atoms with van der Waals surface area (Å²) in [4.78, 5) is 22.1. The van der Waals surface area contributed by atoms with Crippen molar-refractivity contribution in [2.24, 2.45) is 0 Å². The van der Waals surface area contributed by atoms with Gasteiger partial charge in [-0.1, -0.05) is 0 Å². The first-order chi connectivity index (χ1) is 8.61. The predicted octanol–water partition coefficient (Wildman–Crippen LogP) is 0.238. The highest BCUT2D eigenvalue weighted by Crippen LogP contribution is 2.38. The number of nitrogens with one attached hydrogen (secondary N) is 1. The molecule has 96 valence electrons. The van der Waals surface area contributed by atoms with Crippen molar-refractivity contribution in [3.8, 4) is 17.2 Å². The standard InChI is InChI=1S/C11H11NO6/c1-12-10(13)4-16-7-3-9-8(17-5-18-9)2-6(7)11(14)15/h2-3H,4-5H2,1H3,(H,12,13)(H,14,15). The number of aromatic carboxylic acids is 1. The van der Waals surface area contributed by atoms with E-state index in [1.807, 2.05) is 0 Å². The number of ether oxygens (including phenoxy) is 3. The summed E-state index contributed by atoms with van der Waals surface area (Å²) in [6.07, 6.45) is 0. The summed E-state index contributed by atoms with van der Waals surface area (Å²) < 4.78 is 15.3. The molecule has 0 bridgehead atoms. The SMILES string of the molecule is CNC(=O)COc1cc2c(cc1C(=O)O)OCO2. The van der Waals surface area contributed by atoms with Crippen LogP contribution in [0.15, 0.2) is 12.1 Å². The first-order valence-corrected chi connectivity index (χ1v) is 5.12.